The quantitative estimate of drug-likeness (QED) is 0.777. The summed E-state index contributed by atoms with van der Waals surface area (Å²) in [6, 6.07) is 9.78. The van der Waals surface area contributed by atoms with Crippen LogP contribution in [0.5, 0.6) is 11.5 Å². The van der Waals surface area contributed by atoms with Gasteiger partial charge in [0.15, 0.2) is 11.5 Å². The number of carbonyl (C=O) groups is 1. The van der Waals surface area contributed by atoms with Gasteiger partial charge in [-0.2, -0.15) is 4.31 Å². The molecule has 156 valence electrons. The van der Waals surface area contributed by atoms with Gasteiger partial charge in [-0.05, 0) is 49.6 Å². The maximum absolute atomic E-state index is 13.1. The molecule has 29 heavy (non-hydrogen) atoms. The van der Waals surface area contributed by atoms with Crippen molar-refractivity contribution in [3.8, 4) is 11.5 Å². The Kier molecular flexibility index (Phi) is 6.44. The molecule has 2 aromatic carbocycles. The zero-order valence-electron chi connectivity index (χ0n) is 16.9. The summed E-state index contributed by atoms with van der Waals surface area (Å²) >= 11 is 0. The van der Waals surface area contributed by atoms with Crippen molar-refractivity contribution in [1.82, 2.24) is 4.31 Å². The summed E-state index contributed by atoms with van der Waals surface area (Å²) in [7, 11) is -0.575. The molecule has 0 atom stereocenters. The number of sulfonamides is 1. The molecule has 1 aliphatic rings. The average Bonchev–Trinajstić information content (AvgIpc) is 2.74. The molecule has 1 amide bonds. The fourth-order valence-electron chi connectivity index (χ4n) is 3.38. The van der Waals surface area contributed by atoms with Gasteiger partial charge in [0.2, 0.25) is 10.0 Å². The van der Waals surface area contributed by atoms with Crippen LogP contribution in [0, 0.1) is 6.92 Å². The SMILES string of the molecule is COc1ccc(NC(=O)c2ccc(C)c(S(=O)(=O)N3CCCCC3)c2)cc1OC. The molecular weight excluding hydrogens is 392 g/mol. The Bertz CT molecular complexity index is 998. The molecule has 1 heterocycles. The predicted octanol–water partition coefficient (Wildman–Crippen LogP) is 3.44. The normalized spacial score (nSPS) is 15.0. The first-order chi connectivity index (χ1) is 13.9. The van der Waals surface area contributed by atoms with E-state index in [0.717, 1.165) is 19.3 Å². The standard InChI is InChI=1S/C21H26N2O5S/c1-15-7-8-16(13-20(15)29(25,26)23-11-5-4-6-12-23)21(24)22-17-9-10-18(27-2)19(14-17)28-3/h7-10,13-14H,4-6,11-12H2,1-3H3,(H,22,24). The van der Waals surface area contributed by atoms with E-state index in [4.69, 9.17) is 9.47 Å². The predicted molar refractivity (Wildman–Crippen MR) is 111 cm³/mol. The lowest BCUT2D eigenvalue weighted by Gasteiger charge is -2.26. The summed E-state index contributed by atoms with van der Waals surface area (Å²) in [4.78, 5) is 12.9. The highest BCUT2D eigenvalue weighted by Crippen LogP contribution is 2.30. The Morgan fingerprint density at radius 1 is 0.966 bits per heavy atom. The number of piperidine rings is 1. The van der Waals surface area contributed by atoms with Gasteiger partial charge < -0.3 is 14.8 Å². The minimum atomic E-state index is -3.62. The van der Waals surface area contributed by atoms with Crippen LogP contribution < -0.4 is 14.8 Å². The molecule has 1 aliphatic heterocycles. The van der Waals surface area contributed by atoms with Crippen molar-refractivity contribution in [2.24, 2.45) is 0 Å². The topological polar surface area (TPSA) is 84.9 Å². The van der Waals surface area contributed by atoms with E-state index >= 15 is 0 Å². The minimum Gasteiger partial charge on any atom is -0.493 e. The van der Waals surface area contributed by atoms with Crippen molar-refractivity contribution in [3.63, 3.8) is 0 Å². The summed E-state index contributed by atoms with van der Waals surface area (Å²) in [6.07, 6.45) is 2.76. The number of amides is 1. The van der Waals surface area contributed by atoms with E-state index in [1.54, 1.807) is 37.3 Å². The van der Waals surface area contributed by atoms with E-state index in [2.05, 4.69) is 5.32 Å². The molecule has 0 bridgehead atoms. The number of hydrogen-bond donors (Lipinski definition) is 1. The summed E-state index contributed by atoms with van der Waals surface area (Å²) in [5.74, 6) is 0.644. The minimum absolute atomic E-state index is 0.180. The first-order valence-electron chi connectivity index (χ1n) is 9.51. The van der Waals surface area contributed by atoms with Crippen LogP contribution in [0.15, 0.2) is 41.3 Å². The zero-order valence-corrected chi connectivity index (χ0v) is 17.7. The van der Waals surface area contributed by atoms with Gasteiger partial charge in [0.1, 0.15) is 0 Å². The largest absolute Gasteiger partial charge is 0.493 e. The molecule has 1 fully saturated rings. The fraction of sp³-hybridized carbons (Fsp3) is 0.381. The van der Waals surface area contributed by atoms with E-state index in [-0.39, 0.29) is 10.5 Å². The van der Waals surface area contributed by atoms with Crippen molar-refractivity contribution in [3.05, 3.63) is 47.5 Å². The lowest BCUT2D eigenvalue weighted by Crippen LogP contribution is -2.36. The molecule has 8 heteroatoms. The smallest absolute Gasteiger partial charge is 0.255 e. The number of anilines is 1. The number of hydrogen-bond acceptors (Lipinski definition) is 5. The maximum atomic E-state index is 13.1. The van der Waals surface area contributed by atoms with E-state index in [1.807, 2.05) is 0 Å². The molecule has 1 saturated heterocycles. The molecule has 7 nitrogen and oxygen atoms in total. The average molecular weight is 419 g/mol. The molecule has 0 unspecified atom stereocenters. The van der Waals surface area contributed by atoms with Gasteiger partial charge in [0.25, 0.3) is 5.91 Å². The number of carbonyl (C=O) groups excluding carboxylic acids is 1. The Balaban J connectivity index is 1.86. The Morgan fingerprint density at radius 3 is 2.31 bits per heavy atom. The second-order valence-electron chi connectivity index (χ2n) is 6.97. The lowest BCUT2D eigenvalue weighted by atomic mass is 10.1. The number of ether oxygens (including phenoxy) is 2. The first-order valence-corrected chi connectivity index (χ1v) is 10.9. The molecule has 0 spiro atoms. The number of rotatable bonds is 6. The van der Waals surface area contributed by atoms with Crippen LogP contribution >= 0.6 is 0 Å². The molecule has 0 radical (unpaired) electrons. The Labute approximate surface area is 171 Å². The zero-order chi connectivity index (χ0) is 21.0. The van der Waals surface area contributed by atoms with Crippen molar-refractivity contribution < 1.29 is 22.7 Å². The van der Waals surface area contributed by atoms with E-state index in [1.165, 1.54) is 24.6 Å². The first kappa shape index (κ1) is 21.1. The third-order valence-corrected chi connectivity index (χ3v) is 7.07. The van der Waals surface area contributed by atoms with Gasteiger partial charge in [-0.1, -0.05) is 12.5 Å². The van der Waals surface area contributed by atoms with E-state index < -0.39 is 15.9 Å². The van der Waals surface area contributed by atoms with Gasteiger partial charge >= 0.3 is 0 Å². The molecule has 1 N–H and O–H groups in total. The second kappa shape index (κ2) is 8.84. The van der Waals surface area contributed by atoms with Crippen molar-refractivity contribution in [2.45, 2.75) is 31.1 Å². The van der Waals surface area contributed by atoms with Crippen LogP contribution in [0.3, 0.4) is 0 Å². The van der Waals surface area contributed by atoms with Crippen molar-refractivity contribution >= 4 is 21.6 Å². The summed E-state index contributed by atoms with van der Waals surface area (Å²) in [6.45, 7) is 2.78. The van der Waals surface area contributed by atoms with Gasteiger partial charge in [-0.15, -0.1) is 0 Å². The summed E-state index contributed by atoms with van der Waals surface area (Å²) in [5.41, 5.74) is 1.42. The van der Waals surface area contributed by atoms with E-state index in [0.29, 0.717) is 35.8 Å². The molecule has 0 saturated carbocycles. The van der Waals surface area contributed by atoms with Crippen LogP contribution in [0.2, 0.25) is 0 Å². The summed E-state index contributed by atoms with van der Waals surface area (Å²) in [5, 5.41) is 2.78. The highest BCUT2D eigenvalue weighted by Gasteiger charge is 2.28. The Morgan fingerprint density at radius 2 is 1.66 bits per heavy atom. The second-order valence-corrected chi connectivity index (χ2v) is 8.88. The number of benzene rings is 2. The van der Waals surface area contributed by atoms with Gasteiger partial charge in [-0.3, -0.25) is 4.79 Å². The maximum Gasteiger partial charge on any atom is 0.255 e. The number of nitrogens with zero attached hydrogens (tertiary/aromatic N) is 1. The van der Waals surface area contributed by atoms with Crippen LogP contribution in [0.1, 0.15) is 35.2 Å². The lowest BCUT2D eigenvalue weighted by molar-refractivity contribution is 0.102. The number of aryl methyl sites for hydroxylation is 1. The molecule has 2 aromatic rings. The highest BCUT2D eigenvalue weighted by molar-refractivity contribution is 7.89. The fourth-order valence-corrected chi connectivity index (χ4v) is 5.15. The third-order valence-electron chi connectivity index (χ3n) is 5.02. The van der Waals surface area contributed by atoms with Gasteiger partial charge in [0, 0.05) is 30.4 Å². The molecule has 0 aromatic heterocycles. The molecule has 3 rings (SSSR count). The van der Waals surface area contributed by atoms with Crippen LogP contribution in [0.25, 0.3) is 0 Å². The molecular formula is C21H26N2O5S. The summed E-state index contributed by atoms with van der Waals surface area (Å²) < 4.78 is 38.1. The van der Waals surface area contributed by atoms with Gasteiger partial charge in [0.05, 0.1) is 19.1 Å². The Hall–Kier alpha value is -2.58. The van der Waals surface area contributed by atoms with Gasteiger partial charge in [-0.25, -0.2) is 8.42 Å². The van der Waals surface area contributed by atoms with Crippen molar-refractivity contribution in [1.29, 1.82) is 0 Å². The van der Waals surface area contributed by atoms with E-state index in [9.17, 15) is 13.2 Å². The number of nitrogens with one attached hydrogen (secondary N) is 1. The highest BCUT2D eigenvalue weighted by atomic mass is 32.2. The van der Waals surface area contributed by atoms with Crippen LogP contribution in [0.4, 0.5) is 5.69 Å². The molecule has 0 aliphatic carbocycles. The third kappa shape index (κ3) is 4.54. The number of methoxy groups -OCH3 is 2. The van der Waals surface area contributed by atoms with Crippen LogP contribution in [-0.4, -0.2) is 45.9 Å². The van der Waals surface area contributed by atoms with Crippen LogP contribution in [-0.2, 0) is 10.0 Å². The van der Waals surface area contributed by atoms with Crippen molar-refractivity contribution in [2.75, 3.05) is 32.6 Å². The monoisotopic (exact) mass is 418 g/mol.